The van der Waals surface area contributed by atoms with Crippen LogP contribution in [-0.4, -0.2) is 25.2 Å². The molecule has 0 aromatic rings. The fourth-order valence-electron chi connectivity index (χ4n) is 7.05. The molecule has 2 aliphatic carbocycles. The monoisotopic (exact) mass is 434 g/mol. The second-order valence-electron chi connectivity index (χ2n) is 11.0. The van der Waals surface area contributed by atoms with Crippen molar-refractivity contribution in [3.63, 3.8) is 0 Å². The first-order chi connectivity index (χ1) is 14.4. The Labute approximate surface area is 190 Å². The maximum atomic E-state index is 13.6. The van der Waals surface area contributed by atoms with E-state index in [-0.39, 0.29) is 34.6 Å². The Kier molecular flexibility index (Phi) is 8.09. The Morgan fingerprint density at radius 2 is 1.06 bits per heavy atom. The summed E-state index contributed by atoms with van der Waals surface area (Å²) >= 11 is 0. The van der Waals surface area contributed by atoms with Crippen LogP contribution < -0.4 is 0 Å². The van der Waals surface area contributed by atoms with Gasteiger partial charge in [0, 0.05) is 10.8 Å². The van der Waals surface area contributed by atoms with Crippen LogP contribution in [0.25, 0.3) is 0 Å². The van der Waals surface area contributed by atoms with Crippen LogP contribution in [0.2, 0.25) is 0 Å². The summed E-state index contributed by atoms with van der Waals surface area (Å²) in [5.74, 6) is -0.305. The Bertz CT molecular complexity index is 644. The minimum atomic E-state index is -0.481. The fourth-order valence-corrected chi connectivity index (χ4v) is 7.05. The van der Waals surface area contributed by atoms with Gasteiger partial charge in [0.1, 0.15) is 0 Å². The summed E-state index contributed by atoms with van der Waals surface area (Å²) in [4.78, 5) is 27.3. The van der Waals surface area contributed by atoms with E-state index in [0.29, 0.717) is 25.0 Å². The molecule has 0 aromatic heterocycles. The van der Waals surface area contributed by atoms with Gasteiger partial charge >= 0.3 is 11.9 Å². The van der Waals surface area contributed by atoms with Crippen LogP contribution in [0.4, 0.5) is 0 Å². The van der Waals surface area contributed by atoms with Crippen LogP contribution in [-0.2, 0) is 19.1 Å². The molecule has 2 rings (SSSR count). The predicted octanol–water partition coefficient (Wildman–Crippen LogP) is 6.44. The first kappa shape index (κ1) is 25.9. The van der Waals surface area contributed by atoms with Crippen molar-refractivity contribution in [1.29, 1.82) is 0 Å². The Morgan fingerprint density at radius 1 is 0.742 bits per heavy atom. The van der Waals surface area contributed by atoms with Crippen molar-refractivity contribution in [2.75, 3.05) is 13.2 Å². The molecule has 0 radical (unpaired) electrons. The largest absolute Gasteiger partial charge is 0.465 e. The van der Waals surface area contributed by atoms with Crippen molar-refractivity contribution in [2.24, 2.45) is 46.3 Å². The van der Waals surface area contributed by atoms with E-state index >= 15 is 0 Å². The van der Waals surface area contributed by atoms with Crippen molar-refractivity contribution in [1.82, 2.24) is 0 Å². The summed E-state index contributed by atoms with van der Waals surface area (Å²) in [5.41, 5.74) is 2.09. The first-order valence-electron chi connectivity index (χ1n) is 12.5. The molecule has 4 heteroatoms. The highest BCUT2D eigenvalue weighted by atomic mass is 16.5. The molecule has 4 unspecified atom stereocenters. The van der Waals surface area contributed by atoms with Crippen LogP contribution in [0.15, 0.2) is 11.1 Å². The van der Waals surface area contributed by atoms with Crippen molar-refractivity contribution in [3.05, 3.63) is 11.1 Å². The second-order valence-corrected chi connectivity index (χ2v) is 11.0. The zero-order chi connectivity index (χ0) is 23.7. The number of ether oxygens (including phenoxy) is 2. The Balaban J connectivity index is 2.87. The van der Waals surface area contributed by atoms with Gasteiger partial charge in [-0.3, -0.25) is 9.59 Å². The molecule has 0 amide bonds. The minimum Gasteiger partial charge on any atom is -0.465 e. The SMILES string of the molecule is CCCOC(=O)C1C(C(=O)OCCC)C2(C(C)C)CC1(C(C)C)C(C(C)C)=C2C(C)C. The normalized spacial score (nSPS) is 30.3. The number of carbonyl (C=O) groups excluding carboxylic acids is 2. The lowest BCUT2D eigenvalue weighted by molar-refractivity contribution is -0.167. The summed E-state index contributed by atoms with van der Waals surface area (Å²) in [6, 6.07) is 0. The number of carbonyl (C=O) groups is 2. The molecule has 0 aliphatic heterocycles. The molecule has 1 fully saturated rings. The molecule has 4 atom stereocenters. The number of hydrogen-bond acceptors (Lipinski definition) is 4. The number of fused-ring (bicyclic) bond motifs is 2. The van der Waals surface area contributed by atoms with E-state index in [1.807, 2.05) is 13.8 Å². The maximum absolute atomic E-state index is 13.6. The molecule has 2 aliphatic rings. The number of esters is 2. The van der Waals surface area contributed by atoms with Gasteiger partial charge in [0.2, 0.25) is 0 Å². The second kappa shape index (κ2) is 9.67. The van der Waals surface area contributed by atoms with Crippen LogP contribution in [0.5, 0.6) is 0 Å². The maximum Gasteiger partial charge on any atom is 0.310 e. The van der Waals surface area contributed by atoms with Gasteiger partial charge in [0.15, 0.2) is 0 Å². The van der Waals surface area contributed by atoms with Gasteiger partial charge in [0.25, 0.3) is 0 Å². The topological polar surface area (TPSA) is 52.6 Å². The fraction of sp³-hybridized carbons (Fsp3) is 0.852. The van der Waals surface area contributed by atoms with E-state index in [1.54, 1.807) is 0 Å². The van der Waals surface area contributed by atoms with E-state index in [2.05, 4.69) is 55.4 Å². The molecule has 0 spiro atoms. The van der Waals surface area contributed by atoms with Gasteiger partial charge in [-0.2, -0.15) is 0 Å². The Morgan fingerprint density at radius 3 is 1.29 bits per heavy atom. The zero-order valence-electron chi connectivity index (χ0n) is 21.6. The highest BCUT2D eigenvalue weighted by molar-refractivity contribution is 5.87. The summed E-state index contributed by atoms with van der Waals surface area (Å²) in [5, 5.41) is 0. The molecule has 0 saturated heterocycles. The zero-order valence-corrected chi connectivity index (χ0v) is 21.6. The molecular formula is C27H46O4. The van der Waals surface area contributed by atoms with Crippen molar-refractivity contribution >= 4 is 11.9 Å². The molecule has 2 bridgehead atoms. The van der Waals surface area contributed by atoms with Crippen LogP contribution in [0.1, 0.15) is 88.5 Å². The van der Waals surface area contributed by atoms with Gasteiger partial charge in [-0.1, -0.05) is 80.4 Å². The molecule has 0 heterocycles. The van der Waals surface area contributed by atoms with E-state index in [9.17, 15) is 9.59 Å². The lowest BCUT2D eigenvalue weighted by atomic mass is 9.55. The van der Waals surface area contributed by atoms with E-state index < -0.39 is 11.8 Å². The first-order valence-corrected chi connectivity index (χ1v) is 12.5. The van der Waals surface area contributed by atoms with Gasteiger partial charge in [-0.15, -0.1) is 0 Å². The van der Waals surface area contributed by atoms with Crippen molar-refractivity contribution in [3.8, 4) is 0 Å². The number of hydrogen-bond donors (Lipinski definition) is 0. The van der Waals surface area contributed by atoms with Crippen LogP contribution >= 0.6 is 0 Å². The van der Waals surface area contributed by atoms with E-state index in [1.165, 1.54) is 11.1 Å². The molecule has 4 nitrogen and oxygen atoms in total. The van der Waals surface area contributed by atoms with Crippen LogP contribution in [0, 0.1) is 46.3 Å². The highest BCUT2D eigenvalue weighted by Crippen LogP contribution is 2.76. The van der Waals surface area contributed by atoms with E-state index in [0.717, 1.165) is 19.3 Å². The number of allylic oxidation sites excluding steroid dienone is 2. The summed E-state index contributed by atoms with van der Waals surface area (Å²) in [7, 11) is 0. The summed E-state index contributed by atoms with van der Waals surface area (Å²) in [6.45, 7) is 22.7. The molecule has 1 saturated carbocycles. The average molecular weight is 435 g/mol. The molecule has 0 aromatic carbocycles. The molecule has 0 N–H and O–H groups in total. The lowest BCUT2D eigenvalue weighted by Crippen LogP contribution is -2.50. The van der Waals surface area contributed by atoms with Crippen molar-refractivity contribution in [2.45, 2.75) is 88.5 Å². The minimum absolute atomic E-state index is 0.211. The lowest BCUT2D eigenvalue weighted by Gasteiger charge is -2.48. The molecule has 31 heavy (non-hydrogen) atoms. The third kappa shape index (κ3) is 3.86. The smallest absolute Gasteiger partial charge is 0.310 e. The molecule has 178 valence electrons. The quantitative estimate of drug-likeness (QED) is 0.293. The van der Waals surface area contributed by atoms with Crippen LogP contribution in [0.3, 0.4) is 0 Å². The van der Waals surface area contributed by atoms with Gasteiger partial charge < -0.3 is 9.47 Å². The van der Waals surface area contributed by atoms with Gasteiger partial charge in [-0.05, 0) is 42.9 Å². The summed E-state index contributed by atoms with van der Waals surface area (Å²) < 4.78 is 11.5. The summed E-state index contributed by atoms with van der Waals surface area (Å²) in [6.07, 6.45) is 2.39. The highest BCUT2D eigenvalue weighted by Gasteiger charge is 2.75. The third-order valence-electron chi connectivity index (χ3n) is 7.94. The average Bonchev–Trinajstić information content (AvgIpc) is 3.19. The van der Waals surface area contributed by atoms with Gasteiger partial charge in [0.05, 0.1) is 25.0 Å². The van der Waals surface area contributed by atoms with Crippen molar-refractivity contribution < 1.29 is 19.1 Å². The number of rotatable bonds is 10. The molecular weight excluding hydrogens is 388 g/mol. The standard InChI is InChI=1S/C27H46O4/c1-11-13-30-24(28)22-23(25(29)31-14-12-2)27(19(9)10)15-26(22,18(7)8)20(16(3)4)21(27)17(5)6/h16-19,22-23H,11-15H2,1-10H3. The predicted molar refractivity (Wildman–Crippen MR) is 125 cm³/mol. The third-order valence-corrected chi connectivity index (χ3v) is 7.94. The van der Waals surface area contributed by atoms with E-state index in [4.69, 9.17) is 9.47 Å². The Hall–Kier alpha value is -1.32. The van der Waals surface area contributed by atoms with Gasteiger partial charge in [-0.25, -0.2) is 0 Å².